The molecule has 0 spiro atoms. The summed E-state index contributed by atoms with van der Waals surface area (Å²) in [6.45, 7) is 0. The van der Waals surface area contributed by atoms with E-state index in [1.165, 1.54) is 11.3 Å². The van der Waals surface area contributed by atoms with E-state index in [0.717, 1.165) is 11.1 Å². The van der Waals surface area contributed by atoms with Crippen LogP contribution in [0.4, 0.5) is 0 Å². The summed E-state index contributed by atoms with van der Waals surface area (Å²) < 4.78 is 1.35. The Kier molecular flexibility index (Phi) is 3.66. The molecule has 0 aromatic carbocycles. The van der Waals surface area contributed by atoms with Crippen LogP contribution in [0.5, 0.6) is 0 Å². The van der Waals surface area contributed by atoms with Crippen molar-refractivity contribution in [3.05, 3.63) is 42.7 Å². The van der Waals surface area contributed by atoms with Crippen LogP contribution in [-0.4, -0.2) is 0 Å². The van der Waals surface area contributed by atoms with E-state index in [4.69, 9.17) is 29.0 Å². The van der Waals surface area contributed by atoms with E-state index in [9.17, 15) is 0 Å². The van der Waals surface area contributed by atoms with Crippen LogP contribution in [-0.2, 0) is 0 Å². The van der Waals surface area contributed by atoms with Gasteiger partial charge in [0, 0.05) is 5.56 Å². The maximum atomic E-state index is 6.08. The smallest absolute Gasteiger partial charge is 0.0995 e. The number of hydrogen-bond donors (Lipinski definition) is 2. The second kappa shape index (κ2) is 4.82. The molecule has 3 N–H and O–H groups in total. The highest BCUT2D eigenvalue weighted by Crippen LogP contribution is 2.37. The number of hydrogen-bond acceptors (Lipinski definition) is 4. The molecule has 1 atom stereocenters. The van der Waals surface area contributed by atoms with Crippen molar-refractivity contribution < 1.29 is 0 Å². The number of nitrogens with one attached hydrogen (secondary N) is 1. The summed E-state index contributed by atoms with van der Waals surface area (Å²) in [6.07, 6.45) is 0. The van der Waals surface area contributed by atoms with E-state index in [0.29, 0.717) is 8.67 Å². The van der Waals surface area contributed by atoms with E-state index in [1.54, 1.807) is 11.3 Å². The molecule has 0 amide bonds. The van der Waals surface area contributed by atoms with Crippen molar-refractivity contribution in [1.29, 1.82) is 0 Å². The molecule has 1 unspecified atom stereocenters. The Morgan fingerprint density at radius 1 is 1.40 bits per heavy atom. The lowest BCUT2D eigenvalue weighted by atomic mass is 10.1. The molecule has 2 heterocycles. The molecule has 0 saturated carbocycles. The molecule has 2 rings (SSSR count). The second-order valence-electron chi connectivity index (χ2n) is 2.94. The minimum absolute atomic E-state index is 0.0903. The minimum Gasteiger partial charge on any atom is -0.271 e. The van der Waals surface area contributed by atoms with E-state index in [2.05, 4.69) is 5.43 Å². The number of hydrazine groups is 1. The highest BCUT2D eigenvalue weighted by Gasteiger charge is 2.18. The molecule has 80 valence electrons. The molecule has 2 aromatic rings. The zero-order chi connectivity index (χ0) is 10.8. The molecule has 15 heavy (non-hydrogen) atoms. The summed E-state index contributed by atoms with van der Waals surface area (Å²) in [6, 6.07) is 3.76. The molecule has 0 aliphatic carbocycles. The van der Waals surface area contributed by atoms with Gasteiger partial charge in [0.2, 0.25) is 0 Å². The maximum Gasteiger partial charge on any atom is 0.0995 e. The summed E-state index contributed by atoms with van der Waals surface area (Å²) in [4.78, 5) is 0. The molecule has 0 aliphatic heterocycles. The molecule has 6 heteroatoms. The van der Waals surface area contributed by atoms with E-state index in [1.807, 2.05) is 22.9 Å². The molecule has 0 fully saturated rings. The van der Waals surface area contributed by atoms with Gasteiger partial charge in [0.15, 0.2) is 0 Å². The predicted molar refractivity (Wildman–Crippen MR) is 67.8 cm³/mol. The van der Waals surface area contributed by atoms with Crippen molar-refractivity contribution in [2.75, 3.05) is 0 Å². The fraction of sp³-hybridized carbons (Fsp3) is 0.111. The first-order valence-corrected chi connectivity index (χ1v) is 6.67. The first kappa shape index (κ1) is 11.4. The lowest BCUT2D eigenvalue weighted by molar-refractivity contribution is 0.641. The van der Waals surface area contributed by atoms with Crippen LogP contribution < -0.4 is 11.3 Å². The highest BCUT2D eigenvalue weighted by molar-refractivity contribution is 7.20. The quantitative estimate of drug-likeness (QED) is 0.664. The van der Waals surface area contributed by atoms with Gasteiger partial charge in [0.25, 0.3) is 0 Å². The molecular formula is C9H8Cl2N2S2. The van der Waals surface area contributed by atoms with Crippen LogP contribution in [0, 0.1) is 0 Å². The summed E-state index contributed by atoms with van der Waals surface area (Å²) in [5.74, 6) is 5.53. The molecule has 0 radical (unpaired) electrons. The van der Waals surface area contributed by atoms with Gasteiger partial charge in [-0.25, -0.2) is 5.43 Å². The van der Waals surface area contributed by atoms with Gasteiger partial charge in [-0.2, -0.15) is 11.3 Å². The average molecular weight is 279 g/mol. The monoisotopic (exact) mass is 278 g/mol. The molecule has 2 aromatic heterocycles. The molecule has 0 bridgehead atoms. The van der Waals surface area contributed by atoms with Gasteiger partial charge < -0.3 is 0 Å². The van der Waals surface area contributed by atoms with E-state index >= 15 is 0 Å². The van der Waals surface area contributed by atoms with Gasteiger partial charge >= 0.3 is 0 Å². The Morgan fingerprint density at radius 3 is 2.67 bits per heavy atom. The third kappa shape index (κ3) is 2.36. The van der Waals surface area contributed by atoms with Gasteiger partial charge in [-0.15, -0.1) is 11.3 Å². The summed E-state index contributed by atoms with van der Waals surface area (Å²) in [5, 5.41) is 4.04. The molecule has 0 saturated heterocycles. The normalized spacial score (nSPS) is 13.0. The van der Waals surface area contributed by atoms with E-state index in [-0.39, 0.29) is 6.04 Å². The Balaban J connectivity index is 2.39. The van der Waals surface area contributed by atoms with Crippen LogP contribution in [0.25, 0.3) is 0 Å². The lowest BCUT2D eigenvalue weighted by Crippen LogP contribution is -2.28. The Hall–Kier alpha value is -0.100. The third-order valence-electron chi connectivity index (χ3n) is 2.04. The maximum absolute atomic E-state index is 6.08. The van der Waals surface area contributed by atoms with Crippen molar-refractivity contribution in [1.82, 2.24) is 5.43 Å². The van der Waals surface area contributed by atoms with Crippen LogP contribution in [0.1, 0.15) is 17.2 Å². The highest BCUT2D eigenvalue weighted by atomic mass is 35.5. The SMILES string of the molecule is NNC(c1ccsc1)c1cc(Cl)sc1Cl. The number of thiophene rings is 2. The standard InChI is InChI=1S/C9H8Cl2N2S2/c10-7-3-6(9(11)15-7)8(13-12)5-1-2-14-4-5/h1-4,8,13H,12H2. The molecular weight excluding hydrogens is 271 g/mol. The molecule has 0 aliphatic rings. The first-order chi connectivity index (χ1) is 7.22. The van der Waals surface area contributed by atoms with Crippen LogP contribution in [0.2, 0.25) is 8.67 Å². The third-order valence-corrected chi connectivity index (χ3v) is 4.26. The van der Waals surface area contributed by atoms with Crippen LogP contribution in [0.3, 0.4) is 0 Å². The van der Waals surface area contributed by atoms with Crippen LogP contribution >= 0.6 is 45.9 Å². The van der Waals surface area contributed by atoms with Crippen molar-refractivity contribution in [3.8, 4) is 0 Å². The van der Waals surface area contributed by atoms with Crippen molar-refractivity contribution in [2.24, 2.45) is 5.84 Å². The van der Waals surface area contributed by atoms with Gasteiger partial charge in [-0.3, -0.25) is 5.84 Å². The van der Waals surface area contributed by atoms with Gasteiger partial charge in [0.05, 0.1) is 14.7 Å². The minimum atomic E-state index is -0.0903. The second-order valence-corrected chi connectivity index (χ2v) is 6.00. The fourth-order valence-electron chi connectivity index (χ4n) is 1.35. The Bertz CT molecular complexity index is 439. The van der Waals surface area contributed by atoms with Gasteiger partial charge in [-0.1, -0.05) is 23.2 Å². The van der Waals surface area contributed by atoms with Crippen molar-refractivity contribution >= 4 is 45.9 Å². The average Bonchev–Trinajstić information content (AvgIpc) is 2.79. The lowest BCUT2D eigenvalue weighted by Gasteiger charge is -2.13. The number of rotatable bonds is 3. The summed E-state index contributed by atoms with van der Waals surface area (Å²) in [5.41, 5.74) is 4.77. The Morgan fingerprint density at radius 2 is 2.20 bits per heavy atom. The zero-order valence-corrected chi connectivity index (χ0v) is 10.7. The number of halogens is 2. The van der Waals surface area contributed by atoms with Gasteiger partial charge in [0.1, 0.15) is 0 Å². The zero-order valence-electron chi connectivity index (χ0n) is 7.54. The predicted octanol–water partition coefficient (Wildman–Crippen LogP) is 3.67. The number of nitrogens with two attached hydrogens (primary N) is 1. The van der Waals surface area contributed by atoms with E-state index < -0.39 is 0 Å². The summed E-state index contributed by atoms with van der Waals surface area (Å²) in [7, 11) is 0. The van der Waals surface area contributed by atoms with Gasteiger partial charge in [-0.05, 0) is 28.5 Å². The fourth-order valence-corrected chi connectivity index (χ4v) is 3.57. The molecule has 2 nitrogen and oxygen atoms in total. The van der Waals surface area contributed by atoms with Crippen molar-refractivity contribution in [3.63, 3.8) is 0 Å². The van der Waals surface area contributed by atoms with Crippen molar-refractivity contribution in [2.45, 2.75) is 6.04 Å². The summed E-state index contributed by atoms with van der Waals surface area (Å²) >= 11 is 14.9. The first-order valence-electron chi connectivity index (χ1n) is 4.15. The topological polar surface area (TPSA) is 38.0 Å². The Labute approximate surface area is 106 Å². The van der Waals surface area contributed by atoms with Crippen LogP contribution in [0.15, 0.2) is 22.9 Å². The largest absolute Gasteiger partial charge is 0.271 e.